The number of hydrogen-bond donors (Lipinski definition) is 2. The van der Waals surface area contributed by atoms with Gasteiger partial charge in [-0.05, 0) is 28.1 Å². The molecule has 0 spiro atoms. The van der Waals surface area contributed by atoms with E-state index in [0.29, 0.717) is 11.6 Å². The molecule has 0 amide bonds. The zero-order valence-electron chi connectivity index (χ0n) is 6.49. The highest BCUT2D eigenvalue weighted by molar-refractivity contribution is 9.11. The van der Waals surface area contributed by atoms with E-state index in [1.165, 1.54) is 0 Å². The molecule has 0 radical (unpaired) electrons. The van der Waals surface area contributed by atoms with Crippen LogP contribution in [-0.4, -0.2) is 20.3 Å². The summed E-state index contributed by atoms with van der Waals surface area (Å²) in [4.78, 5) is 5.06. The summed E-state index contributed by atoms with van der Waals surface area (Å²) in [5, 5.41) is 15.4. The second kappa shape index (κ2) is 3.57. The molecule has 0 aliphatic rings. The van der Waals surface area contributed by atoms with Crippen LogP contribution in [-0.2, 0) is 6.61 Å². The molecular formula is C7H6BrN3OS. The molecule has 0 aliphatic heterocycles. The third kappa shape index (κ3) is 1.79. The molecule has 2 aromatic heterocycles. The molecule has 0 saturated heterocycles. The minimum atomic E-state index is -0.112. The molecule has 4 nitrogen and oxygen atoms in total. The predicted molar refractivity (Wildman–Crippen MR) is 53.3 cm³/mol. The zero-order valence-corrected chi connectivity index (χ0v) is 8.89. The fraction of sp³-hybridized carbons (Fsp3) is 0.143. The van der Waals surface area contributed by atoms with Gasteiger partial charge in [-0.3, -0.25) is 5.10 Å². The van der Waals surface area contributed by atoms with Crippen molar-refractivity contribution in [2.45, 2.75) is 6.61 Å². The number of nitrogens with one attached hydrogen (secondary N) is 1. The third-order valence-corrected chi connectivity index (χ3v) is 3.09. The molecule has 6 heteroatoms. The van der Waals surface area contributed by atoms with Crippen molar-refractivity contribution in [2.75, 3.05) is 0 Å². The Balaban J connectivity index is 2.35. The number of aliphatic hydroxyl groups is 1. The summed E-state index contributed by atoms with van der Waals surface area (Å²) < 4.78 is 1.04. The number of aliphatic hydroxyl groups excluding tert-OH is 1. The maximum atomic E-state index is 8.76. The van der Waals surface area contributed by atoms with E-state index in [9.17, 15) is 0 Å². The van der Waals surface area contributed by atoms with Gasteiger partial charge < -0.3 is 5.11 Å². The largest absolute Gasteiger partial charge is 0.388 e. The number of nitrogens with zero attached hydrogens (tertiary/aromatic N) is 2. The van der Waals surface area contributed by atoms with Crippen molar-refractivity contribution >= 4 is 27.3 Å². The van der Waals surface area contributed by atoms with Crippen molar-refractivity contribution in [1.82, 2.24) is 15.2 Å². The van der Waals surface area contributed by atoms with Gasteiger partial charge in [0.05, 0.1) is 8.66 Å². The Morgan fingerprint density at radius 2 is 2.38 bits per heavy atom. The smallest absolute Gasteiger partial charge is 0.191 e. The predicted octanol–water partition coefficient (Wildman–Crippen LogP) is 1.79. The van der Waals surface area contributed by atoms with Crippen molar-refractivity contribution in [3.05, 3.63) is 21.7 Å². The summed E-state index contributed by atoms with van der Waals surface area (Å²) in [6, 6.07) is 3.87. The fourth-order valence-electron chi connectivity index (χ4n) is 0.911. The molecule has 68 valence electrons. The van der Waals surface area contributed by atoms with Gasteiger partial charge in [0.1, 0.15) is 6.61 Å². The van der Waals surface area contributed by atoms with Crippen molar-refractivity contribution in [3.8, 4) is 10.7 Å². The van der Waals surface area contributed by atoms with Gasteiger partial charge in [-0.2, -0.15) is 5.10 Å². The van der Waals surface area contributed by atoms with Gasteiger partial charge >= 0.3 is 0 Å². The molecule has 0 aromatic carbocycles. The van der Waals surface area contributed by atoms with Crippen LogP contribution in [0.1, 0.15) is 5.82 Å². The van der Waals surface area contributed by atoms with E-state index in [2.05, 4.69) is 31.1 Å². The van der Waals surface area contributed by atoms with Gasteiger partial charge in [0.15, 0.2) is 11.6 Å². The highest BCUT2D eigenvalue weighted by Crippen LogP contribution is 2.28. The van der Waals surface area contributed by atoms with E-state index in [4.69, 9.17) is 5.11 Å². The molecule has 0 saturated carbocycles. The second-order valence-electron chi connectivity index (χ2n) is 2.37. The van der Waals surface area contributed by atoms with Gasteiger partial charge in [0.2, 0.25) is 0 Å². The van der Waals surface area contributed by atoms with Crippen LogP contribution < -0.4 is 0 Å². The van der Waals surface area contributed by atoms with Crippen LogP contribution in [0.25, 0.3) is 10.7 Å². The third-order valence-electron chi connectivity index (χ3n) is 1.48. The molecule has 0 fully saturated rings. The number of hydrogen-bond acceptors (Lipinski definition) is 4. The lowest BCUT2D eigenvalue weighted by atomic mass is 10.4. The van der Waals surface area contributed by atoms with Crippen LogP contribution in [0.3, 0.4) is 0 Å². The van der Waals surface area contributed by atoms with Crippen molar-refractivity contribution < 1.29 is 5.11 Å². The molecule has 2 rings (SSSR count). The lowest BCUT2D eigenvalue weighted by Crippen LogP contribution is -1.84. The monoisotopic (exact) mass is 259 g/mol. The lowest BCUT2D eigenvalue weighted by molar-refractivity contribution is 0.272. The maximum Gasteiger partial charge on any atom is 0.191 e. The maximum absolute atomic E-state index is 8.76. The van der Waals surface area contributed by atoms with Crippen LogP contribution >= 0.6 is 27.3 Å². The van der Waals surface area contributed by atoms with Crippen molar-refractivity contribution in [1.29, 1.82) is 0 Å². The Morgan fingerprint density at radius 1 is 1.54 bits per heavy atom. The molecular weight excluding hydrogens is 254 g/mol. The Kier molecular flexibility index (Phi) is 2.43. The molecule has 2 N–H and O–H groups in total. The zero-order chi connectivity index (χ0) is 9.26. The van der Waals surface area contributed by atoms with Gasteiger partial charge in [0.25, 0.3) is 0 Å². The van der Waals surface area contributed by atoms with Gasteiger partial charge in [-0.25, -0.2) is 4.98 Å². The van der Waals surface area contributed by atoms with Gasteiger partial charge in [0, 0.05) is 0 Å². The first-order chi connectivity index (χ1) is 6.29. The highest BCUT2D eigenvalue weighted by Gasteiger charge is 2.06. The van der Waals surface area contributed by atoms with Crippen LogP contribution in [0.15, 0.2) is 15.9 Å². The van der Waals surface area contributed by atoms with Crippen LogP contribution in [0.5, 0.6) is 0 Å². The first kappa shape index (κ1) is 8.86. The highest BCUT2D eigenvalue weighted by atomic mass is 79.9. The fourth-order valence-corrected chi connectivity index (χ4v) is 2.23. The Hall–Kier alpha value is -0.720. The van der Waals surface area contributed by atoms with Crippen molar-refractivity contribution in [3.63, 3.8) is 0 Å². The molecule has 2 aromatic rings. The van der Waals surface area contributed by atoms with E-state index < -0.39 is 0 Å². The molecule has 0 aliphatic carbocycles. The molecule has 0 atom stereocenters. The summed E-state index contributed by atoms with van der Waals surface area (Å²) in [5.41, 5.74) is 0. The Morgan fingerprint density at radius 3 is 2.92 bits per heavy atom. The van der Waals surface area contributed by atoms with E-state index in [1.54, 1.807) is 11.3 Å². The number of thiophene rings is 1. The Bertz CT molecular complexity index is 411. The van der Waals surface area contributed by atoms with E-state index in [0.717, 1.165) is 8.66 Å². The molecule has 0 unspecified atom stereocenters. The molecule has 0 bridgehead atoms. The minimum Gasteiger partial charge on any atom is -0.388 e. The average molecular weight is 260 g/mol. The van der Waals surface area contributed by atoms with Gasteiger partial charge in [-0.1, -0.05) is 0 Å². The quantitative estimate of drug-likeness (QED) is 0.865. The normalized spacial score (nSPS) is 10.6. The summed E-state index contributed by atoms with van der Waals surface area (Å²) >= 11 is 4.91. The van der Waals surface area contributed by atoms with E-state index >= 15 is 0 Å². The van der Waals surface area contributed by atoms with E-state index in [1.807, 2.05) is 12.1 Å². The topological polar surface area (TPSA) is 61.8 Å². The first-order valence-electron chi connectivity index (χ1n) is 3.57. The molecule has 2 heterocycles. The second-order valence-corrected chi connectivity index (χ2v) is 4.83. The number of rotatable bonds is 2. The van der Waals surface area contributed by atoms with E-state index in [-0.39, 0.29) is 6.61 Å². The summed E-state index contributed by atoms with van der Waals surface area (Å²) in [5.74, 6) is 1.11. The standard InChI is InChI=1S/C7H6BrN3OS/c8-5-2-1-4(13-5)7-9-6(3-12)10-11-7/h1-2,12H,3H2,(H,9,10,11). The van der Waals surface area contributed by atoms with Gasteiger partial charge in [-0.15, -0.1) is 11.3 Å². The summed E-state index contributed by atoms with van der Waals surface area (Å²) in [6.07, 6.45) is 0. The first-order valence-corrected chi connectivity index (χ1v) is 5.18. The van der Waals surface area contributed by atoms with Crippen LogP contribution in [0, 0.1) is 0 Å². The number of halogens is 1. The van der Waals surface area contributed by atoms with Crippen LogP contribution in [0.4, 0.5) is 0 Å². The molecule has 13 heavy (non-hydrogen) atoms. The SMILES string of the molecule is OCc1nc(-c2ccc(Br)s2)n[nH]1. The summed E-state index contributed by atoms with van der Waals surface area (Å²) in [6.45, 7) is -0.112. The average Bonchev–Trinajstić information content (AvgIpc) is 2.71. The number of aromatic amines is 1. The lowest BCUT2D eigenvalue weighted by Gasteiger charge is -1.84. The Labute approximate surface area is 86.8 Å². The number of aromatic nitrogens is 3. The van der Waals surface area contributed by atoms with Crippen LogP contribution in [0.2, 0.25) is 0 Å². The number of H-pyrrole nitrogens is 1. The minimum absolute atomic E-state index is 0.112. The van der Waals surface area contributed by atoms with Crippen molar-refractivity contribution in [2.24, 2.45) is 0 Å². The summed E-state index contributed by atoms with van der Waals surface area (Å²) in [7, 11) is 0.